The first-order chi connectivity index (χ1) is 12.2. The van der Waals surface area contributed by atoms with Crippen LogP contribution in [0.2, 0.25) is 5.02 Å². The summed E-state index contributed by atoms with van der Waals surface area (Å²) in [6.07, 6.45) is 14.1. The zero-order valence-electron chi connectivity index (χ0n) is 15.3. The Bertz CT molecular complexity index is 658. The Morgan fingerprint density at radius 1 is 0.880 bits per heavy atom. The Hall–Kier alpha value is -1.53. The van der Waals surface area contributed by atoms with E-state index in [-0.39, 0.29) is 0 Å². The van der Waals surface area contributed by atoms with Gasteiger partial charge in [-0.2, -0.15) is 0 Å². The first kappa shape index (κ1) is 18.3. The average molecular weight is 353 g/mol. The van der Waals surface area contributed by atoms with Crippen molar-refractivity contribution in [1.29, 1.82) is 0 Å². The molecule has 3 rings (SSSR count). The predicted molar refractivity (Wildman–Crippen MR) is 110 cm³/mol. The largest absolute Gasteiger partial charge is 0.0885 e. The Labute approximate surface area is 157 Å². The normalized spacial score (nSPS) is 20.9. The molecule has 1 fully saturated rings. The summed E-state index contributed by atoms with van der Waals surface area (Å²) in [6.45, 7) is 2.22. The van der Waals surface area contributed by atoms with Gasteiger partial charge in [0.05, 0.1) is 0 Å². The van der Waals surface area contributed by atoms with Crippen LogP contribution in [0.15, 0.2) is 60.7 Å². The Morgan fingerprint density at radius 2 is 1.48 bits per heavy atom. The fourth-order valence-electron chi connectivity index (χ4n) is 3.87. The van der Waals surface area contributed by atoms with Gasteiger partial charge in [-0.1, -0.05) is 67.1 Å². The lowest BCUT2D eigenvalue weighted by atomic mass is 9.79. The summed E-state index contributed by atoms with van der Waals surface area (Å²) in [5, 5.41) is 0.792. The second-order valence-corrected chi connectivity index (χ2v) is 7.80. The summed E-state index contributed by atoms with van der Waals surface area (Å²) < 4.78 is 0. The maximum atomic E-state index is 5.97. The monoisotopic (exact) mass is 352 g/mol. The number of rotatable bonds is 6. The van der Waals surface area contributed by atoms with Gasteiger partial charge in [-0.3, -0.25) is 0 Å². The van der Waals surface area contributed by atoms with Crippen LogP contribution < -0.4 is 0 Å². The van der Waals surface area contributed by atoms with Gasteiger partial charge in [0.15, 0.2) is 0 Å². The van der Waals surface area contributed by atoms with Crippen molar-refractivity contribution in [3.63, 3.8) is 0 Å². The molecule has 0 bridgehead atoms. The number of hydrogen-bond acceptors (Lipinski definition) is 0. The van der Waals surface area contributed by atoms with Crippen LogP contribution in [-0.2, 0) is 6.42 Å². The summed E-state index contributed by atoms with van der Waals surface area (Å²) >= 11 is 5.97. The first-order valence-electron chi connectivity index (χ1n) is 9.76. The molecule has 0 saturated heterocycles. The summed E-state index contributed by atoms with van der Waals surface area (Å²) in [6, 6.07) is 17.1. The molecular formula is C24H29Cl. The van der Waals surface area contributed by atoms with Crippen LogP contribution in [0, 0.1) is 11.8 Å². The molecule has 0 nitrogen and oxygen atoms in total. The van der Waals surface area contributed by atoms with Crippen molar-refractivity contribution in [2.24, 2.45) is 11.8 Å². The highest BCUT2D eigenvalue weighted by molar-refractivity contribution is 6.30. The zero-order valence-corrected chi connectivity index (χ0v) is 16.0. The topological polar surface area (TPSA) is 0 Å². The molecule has 1 heteroatoms. The molecule has 0 radical (unpaired) electrons. The SMILES string of the molecule is CCC=C[C@H]1CC[C@H](CCc2ccc(-c3ccc(Cl)cc3)cc2)CC1. The molecule has 132 valence electrons. The molecule has 2 aromatic rings. The highest BCUT2D eigenvalue weighted by atomic mass is 35.5. The standard InChI is InChI=1S/C24H29Cl/c1-2-3-4-19-5-7-20(8-6-19)9-10-21-11-13-22(14-12-21)23-15-17-24(25)18-16-23/h3-4,11-20H,2,5-10H2,1H3/t19-,20-. The van der Waals surface area contributed by atoms with Gasteiger partial charge in [-0.05, 0) is 85.6 Å². The van der Waals surface area contributed by atoms with Gasteiger partial charge in [-0.15, -0.1) is 0 Å². The molecule has 1 saturated carbocycles. The van der Waals surface area contributed by atoms with E-state index in [0.29, 0.717) is 0 Å². The second-order valence-electron chi connectivity index (χ2n) is 7.36. The summed E-state index contributed by atoms with van der Waals surface area (Å²) in [4.78, 5) is 0. The minimum absolute atomic E-state index is 0.792. The van der Waals surface area contributed by atoms with Crippen molar-refractivity contribution < 1.29 is 0 Å². The maximum absolute atomic E-state index is 5.97. The minimum atomic E-state index is 0.792. The Balaban J connectivity index is 1.48. The molecule has 0 atom stereocenters. The highest BCUT2D eigenvalue weighted by Gasteiger charge is 2.19. The van der Waals surface area contributed by atoms with Gasteiger partial charge >= 0.3 is 0 Å². The van der Waals surface area contributed by atoms with Crippen LogP contribution in [0.25, 0.3) is 11.1 Å². The van der Waals surface area contributed by atoms with Gasteiger partial charge in [-0.25, -0.2) is 0 Å². The van der Waals surface area contributed by atoms with Gasteiger partial charge < -0.3 is 0 Å². The van der Waals surface area contributed by atoms with E-state index in [1.54, 1.807) is 0 Å². The maximum Gasteiger partial charge on any atom is 0.0406 e. The van der Waals surface area contributed by atoms with Crippen molar-refractivity contribution >= 4 is 11.6 Å². The van der Waals surface area contributed by atoms with E-state index >= 15 is 0 Å². The van der Waals surface area contributed by atoms with Crippen molar-refractivity contribution in [2.75, 3.05) is 0 Å². The number of benzene rings is 2. The molecule has 0 N–H and O–H groups in total. The van der Waals surface area contributed by atoms with E-state index in [1.807, 2.05) is 12.1 Å². The van der Waals surface area contributed by atoms with Crippen molar-refractivity contribution in [3.05, 3.63) is 71.3 Å². The number of halogens is 1. The molecule has 1 aliphatic rings. The predicted octanol–water partition coefficient (Wildman–Crippen LogP) is 7.71. The third-order valence-corrected chi connectivity index (χ3v) is 5.76. The molecule has 0 aromatic heterocycles. The van der Waals surface area contributed by atoms with E-state index in [4.69, 9.17) is 11.6 Å². The highest BCUT2D eigenvalue weighted by Crippen LogP contribution is 2.32. The molecule has 25 heavy (non-hydrogen) atoms. The third kappa shape index (κ3) is 5.47. The quantitative estimate of drug-likeness (QED) is 0.467. The van der Waals surface area contributed by atoms with E-state index in [2.05, 4.69) is 55.5 Å². The molecular weight excluding hydrogens is 324 g/mol. The zero-order chi connectivity index (χ0) is 17.5. The Morgan fingerprint density at radius 3 is 2.08 bits per heavy atom. The average Bonchev–Trinajstić information content (AvgIpc) is 2.67. The van der Waals surface area contributed by atoms with Gasteiger partial charge in [0, 0.05) is 5.02 Å². The van der Waals surface area contributed by atoms with E-state index < -0.39 is 0 Å². The summed E-state index contributed by atoms with van der Waals surface area (Å²) in [5.41, 5.74) is 3.96. The third-order valence-electron chi connectivity index (χ3n) is 5.51. The number of hydrogen-bond donors (Lipinski definition) is 0. The molecule has 0 aliphatic heterocycles. The van der Waals surface area contributed by atoms with E-state index in [1.165, 1.54) is 61.6 Å². The van der Waals surface area contributed by atoms with E-state index in [9.17, 15) is 0 Å². The smallest absolute Gasteiger partial charge is 0.0406 e. The molecule has 1 aliphatic carbocycles. The van der Waals surface area contributed by atoms with Crippen LogP contribution >= 0.6 is 11.6 Å². The molecule has 0 unspecified atom stereocenters. The minimum Gasteiger partial charge on any atom is -0.0885 e. The van der Waals surface area contributed by atoms with Crippen molar-refractivity contribution in [3.8, 4) is 11.1 Å². The first-order valence-corrected chi connectivity index (χ1v) is 10.1. The van der Waals surface area contributed by atoms with Gasteiger partial charge in [0.2, 0.25) is 0 Å². The molecule has 2 aromatic carbocycles. The van der Waals surface area contributed by atoms with Crippen LogP contribution in [0.5, 0.6) is 0 Å². The van der Waals surface area contributed by atoms with Crippen LogP contribution in [0.3, 0.4) is 0 Å². The van der Waals surface area contributed by atoms with Crippen LogP contribution in [0.1, 0.15) is 51.0 Å². The molecule has 0 spiro atoms. The lowest BCUT2D eigenvalue weighted by Gasteiger charge is -2.26. The number of aryl methyl sites for hydroxylation is 1. The van der Waals surface area contributed by atoms with Gasteiger partial charge in [0.25, 0.3) is 0 Å². The summed E-state index contributed by atoms with van der Waals surface area (Å²) in [5.74, 6) is 1.76. The van der Waals surface area contributed by atoms with Crippen molar-refractivity contribution in [2.45, 2.75) is 51.9 Å². The number of allylic oxidation sites excluding steroid dienone is 2. The summed E-state index contributed by atoms with van der Waals surface area (Å²) in [7, 11) is 0. The molecule has 0 amide bonds. The fourth-order valence-corrected chi connectivity index (χ4v) is 4.00. The van der Waals surface area contributed by atoms with E-state index in [0.717, 1.165) is 16.9 Å². The van der Waals surface area contributed by atoms with Crippen LogP contribution in [-0.4, -0.2) is 0 Å². The van der Waals surface area contributed by atoms with Gasteiger partial charge in [0.1, 0.15) is 0 Å². The lowest BCUT2D eigenvalue weighted by Crippen LogP contribution is -2.13. The fraction of sp³-hybridized carbons (Fsp3) is 0.417. The lowest BCUT2D eigenvalue weighted by molar-refractivity contribution is 0.296. The van der Waals surface area contributed by atoms with Crippen LogP contribution in [0.4, 0.5) is 0 Å². The molecule has 0 heterocycles. The van der Waals surface area contributed by atoms with Crippen molar-refractivity contribution in [1.82, 2.24) is 0 Å². The second kappa shape index (κ2) is 9.25. The Kier molecular flexibility index (Phi) is 6.76.